The average Bonchev–Trinajstić information content (AvgIpc) is 2.74. The van der Waals surface area contributed by atoms with Gasteiger partial charge in [0.1, 0.15) is 11.6 Å². The molecule has 0 saturated heterocycles. The molecule has 1 unspecified atom stereocenters. The van der Waals surface area contributed by atoms with Gasteiger partial charge in [0.15, 0.2) is 0 Å². The van der Waals surface area contributed by atoms with Gasteiger partial charge in [-0.05, 0) is 29.8 Å². The van der Waals surface area contributed by atoms with E-state index in [1.165, 1.54) is 11.6 Å². The average molecular weight is 414 g/mol. The third-order valence-electron chi connectivity index (χ3n) is 3.85. The number of alkyl halides is 1. The lowest BCUT2D eigenvalue weighted by atomic mass is 9.85. The molecule has 0 saturated carbocycles. The van der Waals surface area contributed by atoms with Crippen LogP contribution < -0.4 is 4.74 Å². The molecule has 0 N–H and O–H groups in total. The fourth-order valence-electron chi connectivity index (χ4n) is 2.58. The molecular weight excluding hydrogens is 399 g/mol. The van der Waals surface area contributed by atoms with Gasteiger partial charge < -0.3 is 4.74 Å². The number of hydrogen-bond donors (Lipinski definition) is 0. The molecule has 4 heteroatoms. The summed E-state index contributed by atoms with van der Waals surface area (Å²) < 4.78 is 20.6. The van der Waals surface area contributed by atoms with Crippen LogP contribution in [0.5, 0.6) is 5.75 Å². The highest BCUT2D eigenvalue weighted by molar-refractivity contribution is 9.10. The first-order valence-corrected chi connectivity index (χ1v) is 8.45. The largest absolute Gasteiger partial charge is 0.492 e. The topological polar surface area (TPSA) is 9.23 Å². The Bertz CT molecular complexity index is 697. The van der Waals surface area contributed by atoms with E-state index in [4.69, 9.17) is 4.74 Å². The lowest BCUT2D eigenvalue weighted by Crippen LogP contribution is -2.18. The van der Waals surface area contributed by atoms with E-state index >= 15 is 0 Å². The molecule has 3 rings (SSSR count). The number of fused-ring (bicyclic) bond motifs is 1. The third kappa shape index (κ3) is 2.76. The molecule has 1 nitrogen and oxygen atoms in total. The highest BCUT2D eigenvalue weighted by Crippen LogP contribution is 2.42. The van der Waals surface area contributed by atoms with Crippen molar-refractivity contribution in [2.24, 2.45) is 0 Å². The van der Waals surface area contributed by atoms with Crippen LogP contribution in [0.2, 0.25) is 0 Å². The zero-order chi connectivity index (χ0) is 15.2. The number of rotatable bonds is 2. The third-order valence-corrected chi connectivity index (χ3v) is 5.36. The summed E-state index contributed by atoms with van der Waals surface area (Å²) in [5.41, 5.74) is 2.85. The van der Waals surface area contributed by atoms with Crippen molar-refractivity contribution in [1.29, 1.82) is 0 Å². The summed E-state index contributed by atoms with van der Waals surface area (Å²) >= 11 is 6.90. The smallest absolute Gasteiger partial charge is 0.129 e. The number of ether oxygens (including phenoxy) is 1. The molecule has 0 radical (unpaired) electrons. The number of benzene rings is 2. The van der Waals surface area contributed by atoms with Crippen LogP contribution in [0.3, 0.4) is 0 Å². The van der Waals surface area contributed by atoms with Gasteiger partial charge in [0.2, 0.25) is 0 Å². The van der Waals surface area contributed by atoms with E-state index < -0.39 is 0 Å². The van der Waals surface area contributed by atoms with Crippen molar-refractivity contribution in [2.45, 2.75) is 24.1 Å². The molecule has 21 heavy (non-hydrogen) atoms. The Labute approximate surface area is 140 Å². The van der Waals surface area contributed by atoms with Crippen LogP contribution in [0.15, 0.2) is 40.9 Å². The second kappa shape index (κ2) is 5.40. The van der Waals surface area contributed by atoms with Crippen molar-refractivity contribution in [2.75, 3.05) is 6.61 Å². The Morgan fingerprint density at radius 3 is 2.67 bits per heavy atom. The summed E-state index contributed by atoms with van der Waals surface area (Å²) in [4.78, 5) is -0.174. The minimum absolute atomic E-state index is 0.00365. The van der Waals surface area contributed by atoms with Gasteiger partial charge in [0.05, 0.1) is 11.4 Å². The Kier molecular flexibility index (Phi) is 3.87. The highest BCUT2D eigenvalue weighted by Gasteiger charge is 2.32. The SMILES string of the molecule is CC1(C)COc2ccc(C(Br)c3ccc(Br)cc3F)cc21. The molecular formula is C17H15Br2FO. The van der Waals surface area contributed by atoms with E-state index in [0.717, 1.165) is 15.8 Å². The summed E-state index contributed by atoms with van der Waals surface area (Å²) in [6.07, 6.45) is 0. The minimum Gasteiger partial charge on any atom is -0.492 e. The van der Waals surface area contributed by atoms with Crippen molar-refractivity contribution < 1.29 is 9.13 Å². The Balaban J connectivity index is 2.01. The lowest BCUT2D eigenvalue weighted by molar-refractivity contribution is 0.291. The van der Waals surface area contributed by atoms with Crippen LogP contribution in [0.25, 0.3) is 0 Å². The molecule has 1 heterocycles. The Hall–Kier alpha value is -0.870. The van der Waals surface area contributed by atoms with Crippen molar-refractivity contribution in [3.05, 3.63) is 63.4 Å². The van der Waals surface area contributed by atoms with Crippen LogP contribution >= 0.6 is 31.9 Å². The number of hydrogen-bond acceptors (Lipinski definition) is 1. The van der Waals surface area contributed by atoms with Crippen molar-refractivity contribution in [3.8, 4) is 5.75 Å². The fourth-order valence-corrected chi connectivity index (χ4v) is 3.57. The van der Waals surface area contributed by atoms with E-state index in [-0.39, 0.29) is 16.1 Å². The van der Waals surface area contributed by atoms with Crippen molar-refractivity contribution in [3.63, 3.8) is 0 Å². The molecule has 1 aliphatic heterocycles. The number of halogens is 3. The Morgan fingerprint density at radius 1 is 1.19 bits per heavy atom. The second-order valence-corrected chi connectivity index (χ2v) is 7.79. The molecule has 2 aromatic carbocycles. The van der Waals surface area contributed by atoms with Gasteiger partial charge in [-0.25, -0.2) is 4.39 Å². The van der Waals surface area contributed by atoms with Crippen molar-refractivity contribution in [1.82, 2.24) is 0 Å². The van der Waals surface area contributed by atoms with E-state index in [1.807, 2.05) is 18.2 Å². The van der Waals surface area contributed by atoms with Gasteiger partial charge in [-0.1, -0.05) is 57.8 Å². The van der Waals surface area contributed by atoms with Gasteiger partial charge in [-0.2, -0.15) is 0 Å². The van der Waals surface area contributed by atoms with Gasteiger partial charge in [-0.3, -0.25) is 0 Å². The summed E-state index contributed by atoms with van der Waals surface area (Å²) in [6.45, 7) is 5.00. The first-order chi connectivity index (χ1) is 9.88. The monoisotopic (exact) mass is 412 g/mol. The van der Waals surface area contributed by atoms with Gasteiger partial charge in [0, 0.05) is 21.0 Å². The Morgan fingerprint density at radius 2 is 1.95 bits per heavy atom. The maximum atomic E-state index is 14.1. The maximum Gasteiger partial charge on any atom is 0.129 e. The molecule has 0 aromatic heterocycles. The molecule has 0 amide bonds. The van der Waals surface area contributed by atoms with Gasteiger partial charge >= 0.3 is 0 Å². The van der Waals surface area contributed by atoms with Crippen LogP contribution in [-0.4, -0.2) is 6.61 Å². The van der Waals surface area contributed by atoms with Crippen LogP contribution in [-0.2, 0) is 5.41 Å². The quantitative estimate of drug-likeness (QED) is 0.570. The normalized spacial score (nSPS) is 17.2. The first kappa shape index (κ1) is 15.0. The summed E-state index contributed by atoms with van der Waals surface area (Å²) in [6, 6.07) is 11.2. The molecule has 0 bridgehead atoms. The van der Waals surface area contributed by atoms with E-state index in [2.05, 4.69) is 51.8 Å². The zero-order valence-electron chi connectivity index (χ0n) is 11.8. The lowest BCUT2D eigenvalue weighted by Gasteiger charge is -2.18. The van der Waals surface area contributed by atoms with E-state index in [0.29, 0.717) is 12.2 Å². The van der Waals surface area contributed by atoms with E-state index in [9.17, 15) is 4.39 Å². The molecule has 1 atom stereocenters. The van der Waals surface area contributed by atoms with Gasteiger partial charge in [-0.15, -0.1) is 0 Å². The molecule has 110 valence electrons. The molecule has 0 fully saturated rings. The predicted octanol–water partition coefficient (Wildman–Crippen LogP) is 5.74. The maximum absolute atomic E-state index is 14.1. The van der Waals surface area contributed by atoms with Crippen LogP contribution in [0, 0.1) is 5.82 Å². The van der Waals surface area contributed by atoms with Crippen LogP contribution in [0.4, 0.5) is 4.39 Å². The molecule has 0 aliphatic carbocycles. The standard InChI is InChI=1S/C17H15Br2FO/c1-17(2)9-21-15-6-3-10(7-13(15)17)16(19)12-5-4-11(18)8-14(12)20/h3-8,16H,9H2,1-2H3. The molecule has 0 spiro atoms. The predicted molar refractivity (Wildman–Crippen MR) is 89.8 cm³/mol. The van der Waals surface area contributed by atoms with Crippen molar-refractivity contribution >= 4 is 31.9 Å². The van der Waals surface area contributed by atoms with E-state index in [1.54, 1.807) is 6.07 Å². The molecule has 2 aromatic rings. The summed E-state index contributed by atoms with van der Waals surface area (Å²) in [7, 11) is 0. The second-order valence-electron chi connectivity index (χ2n) is 5.96. The summed E-state index contributed by atoms with van der Waals surface area (Å²) in [5, 5.41) is 0. The summed E-state index contributed by atoms with van der Waals surface area (Å²) in [5.74, 6) is 0.710. The zero-order valence-corrected chi connectivity index (χ0v) is 15.0. The minimum atomic E-state index is -0.220. The highest BCUT2D eigenvalue weighted by atomic mass is 79.9. The van der Waals surface area contributed by atoms with Crippen LogP contribution in [0.1, 0.15) is 35.4 Å². The first-order valence-electron chi connectivity index (χ1n) is 6.75. The van der Waals surface area contributed by atoms with Gasteiger partial charge in [0.25, 0.3) is 0 Å². The molecule has 1 aliphatic rings. The fraction of sp³-hybridized carbons (Fsp3) is 0.294.